The second-order valence-corrected chi connectivity index (χ2v) is 2.78. The van der Waals surface area contributed by atoms with Gasteiger partial charge in [-0.25, -0.2) is 4.98 Å². The number of nitrogens with two attached hydrogens (primary N) is 1. The van der Waals surface area contributed by atoms with E-state index in [-0.39, 0.29) is 11.1 Å². The Kier molecular flexibility index (Phi) is 1.68. The highest BCUT2D eigenvalue weighted by molar-refractivity contribution is 5.51. The zero-order valence-corrected chi connectivity index (χ0v) is 7.14. The third kappa shape index (κ3) is 1.10. The van der Waals surface area contributed by atoms with Crippen LogP contribution in [0, 0.1) is 11.3 Å². The van der Waals surface area contributed by atoms with Gasteiger partial charge >= 0.3 is 0 Å². The number of hydrogen-bond donors (Lipinski definition) is 1. The quantitative estimate of drug-likeness (QED) is 0.634. The van der Waals surface area contributed by atoms with Gasteiger partial charge in [0.2, 0.25) is 0 Å². The van der Waals surface area contributed by atoms with Crippen LogP contribution in [0.25, 0.3) is 5.65 Å². The van der Waals surface area contributed by atoms with E-state index >= 15 is 0 Å². The van der Waals surface area contributed by atoms with E-state index in [9.17, 15) is 4.79 Å². The normalized spacial score (nSPS) is 9.93. The molecule has 0 spiro atoms. The molecular weight excluding hydrogens is 180 g/mol. The van der Waals surface area contributed by atoms with Gasteiger partial charge in [0, 0.05) is 18.0 Å². The first kappa shape index (κ1) is 8.26. The number of hydrogen-bond acceptors (Lipinski definition) is 4. The fourth-order valence-electron chi connectivity index (χ4n) is 1.17. The number of fused-ring (bicyclic) bond motifs is 1. The highest BCUT2D eigenvalue weighted by atomic mass is 16.1. The molecule has 68 valence electrons. The molecule has 0 aliphatic heterocycles. The SMILES string of the molecule is N#Cc1cnc2cc(N)ccn2c1=O. The van der Waals surface area contributed by atoms with Gasteiger partial charge in [-0.3, -0.25) is 9.20 Å². The maximum Gasteiger partial charge on any atom is 0.275 e. The predicted molar refractivity (Wildman–Crippen MR) is 50.6 cm³/mol. The van der Waals surface area contributed by atoms with Gasteiger partial charge in [-0.1, -0.05) is 0 Å². The van der Waals surface area contributed by atoms with E-state index in [4.69, 9.17) is 11.0 Å². The molecule has 2 aromatic heterocycles. The van der Waals surface area contributed by atoms with Crippen LogP contribution in [0.2, 0.25) is 0 Å². The molecule has 0 aromatic carbocycles. The third-order valence-corrected chi connectivity index (χ3v) is 1.85. The van der Waals surface area contributed by atoms with Crippen LogP contribution in [-0.2, 0) is 0 Å². The van der Waals surface area contributed by atoms with E-state index in [1.54, 1.807) is 18.2 Å². The van der Waals surface area contributed by atoms with Gasteiger partial charge in [0.1, 0.15) is 17.3 Å². The van der Waals surface area contributed by atoms with Gasteiger partial charge in [-0.2, -0.15) is 5.26 Å². The van der Waals surface area contributed by atoms with Crippen LogP contribution in [0.5, 0.6) is 0 Å². The predicted octanol–water partition coefficient (Wildman–Crippen LogP) is 0.148. The molecule has 2 rings (SSSR count). The van der Waals surface area contributed by atoms with Crippen LogP contribution in [0.1, 0.15) is 5.56 Å². The van der Waals surface area contributed by atoms with Crippen LogP contribution in [0.3, 0.4) is 0 Å². The van der Waals surface area contributed by atoms with Crippen molar-refractivity contribution in [2.24, 2.45) is 0 Å². The van der Waals surface area contributed by atoms with Crippen molar-refractivity contribution < 1.29 is 0 Å². The Hall–Kier alpha value is -2.35. The van der Waals surface area contributed by atoms with Crippen molar-refractivity contribution >= 4 is 11.3 Å². The summed E-state index contributed by atoms with van der Waals surface area (Å²) in [5.74, 6) is 0. The Morgan fingerprint density at radius 1 is 1.57 bits per heavy atom. The van der Waals surface area contributed by atoms with E-state index in [1.165, 1.54) is 16.8 Å². The van der Waals surface area contributed by atoms with Crippen LogP contribution < -0.4 is 11.3 Å². The lowest BCUT2D eigenvalue weighted by Gasteiger charge is -2.00. The van der Waals surface area contributed by atoms with E-state index in [2.05, 4.69) is 4.98 Å². The Bertz CT molecular complexity index is 594. The molecule has 0 bridgehead atoms. The molecular formula is C9H6N4O. The van der Waals surface area contributed by atoms with Crippen molar-refractivity contribution in [2.45, 2.75) is 0 Å². The lowest BCUT2D eigenvalue weighted by atomic mass is 10.3. The highest BCUT2D eigenvalue weighted by Gasteiger charge is 2.02. The number of anilines is 1. The van der Waals surface area contributed by atoms with Gasteiger partial charge < -0.3 is 5.73 Å². The van der Waals surface area contributed by atoms with Crippen molar-refractivity contribution in [3.8, 4) is 6.07 Å². The Balaban J connectivity index is 2.93. The summed E-state index contributed by atoms with van der Waals surface area (Å²) in [6, 6.07) is 4.93. The second-order valence-electron chi connectivity index (χ2n) is 2.78. The number of nitrogen functional groups attached to an aromatic ring is 1. The molecule has 0 atom stereocenters. The molecule has 2 aromatic rings. The van der Waals surface area contributed by atoms with E-state index < -0.39 is 0 Å². The lowest BCUT2D eigenvalue weighted by molar-refractivity contribution is 1.03. The largest absolute Gasteiger partial charge is 0.399 e. The number of rotatable bonds is 0. The van der Waals surface area contributed by atoms with Crippen molar-refractivity contribution in [1.82, 2.24) is 9.38 Å². The molecule has 5 nitrogen and oxygen atoms in total. The number of nitriles is 1. The summed E-state index contributed by atoms with van der Waals surface area (Å²) >= 11 is 0. The fourth-order valence-corrected chi connectivity index (χ4v) is 1.17. The molecule has 2 N–H and O–H groups in total. The zero-order valence-electron chi connectivity index (χ0n) is 7.14. The first-order valence-electron chi connectivity index (χ1n) is 3.89. The minimum Gasteiger partial charge on any atom is -0.399 e. The molecule has 0 amide bonds. The topological polar surface area (TPSA) is 84.2 Å². The average Bonchev–Trinajstić information content (AvgIpc) is 2.18. The van der Waals surface area contributed by atoms with Crippen LogP contribution in [0.4, 0.5) is 5.69 Å². The first-order valence-corrected chi connectivity index (χ1v) is 3.89. The molecule has 0 unspecified atom stereocenters. The van der Waals surface area contributed by atoms with Gasteiger partial charge in [0.15, 0.2) is 0 Å². The van der Waals surface area contributed by atoms with Gasteiger partial charge in [-0.05, 0) is 6.07 Å². The Morgan fingerprint density at radius 2 is 2.36 bits per heavy atom. The zero-order chi connectivity index (χ0) is 10.1. The van der Waals surface area contributed by atoms with Crippen molar-refractivity contribution in [2.75, 3.05) is 5.73 Å². The molecule has 0 saturated carbocycles. The fraction of sp³-hybridized carbons (Fsp3) is 0. The standard InChI is InChI=1S/C9H6N4O/c10-4-6-5-12-8-3-7(11)1-2-13(8)9(6)14/h1-3,5H,11H2. The molecule has 2 heterocycles. The van der Waals surface area contributed by atoms with Crippen LogP contribution >= 0.6 is 0 Å². The smallest absolute Gasteiger partial charge is 0.275 e. The number of aromatic nitrogens is 2. The molecule has 0 aliphatic carbocycles. The average molecular weight is 186 g/mol. The van der Waals surface area contributed by atoms with Crippen LogP contribution in [0.15, 0.2) is 29.3 Å². The first-order chi connectivity index (χ1) is 6.72. The summed E-state index contributed by atoms with van der Waals surface area (Å²) in [6.45, 7) is 0. The summed E-state index contributed by atoms with van der Waals surface area (Å²) in [5, 5.41) is 8.60. The maximum atomic E-state index is 11.5. The van der Waals surface area contributed by atoms with E-state index in [0.29, 0.717) is 11.3 Å². The van der Waals surface area contributed by atoms with Crippen molar-refractivity contribution in [3.05, 3.63) is 40.4 Å². The Morgan fingerprint density at radius 3 is 3.07 bits per heavy atom. The minimum atomic E-state index is -0.377. The van der Waals surface area contributed by atoms with Gasteiger partial charge in [0.25, 0.3) is 5.56 Å². The van der Waals surface area contributed by atoms with Crippen LogP contribution in [-0.4, -0.2) is 9.38 Å². The summed E-state index contributed by atoms with van der Waals surface area (Å²) in [7, 11) is 0. The van der Waals surface area contributed by atoms with Crippen molar-refractivity contribution in [3.63, 3.8) is 0 Å². The molecule has 14 heavy (non-hydrogen) atoms. The summed E-state index contributed by atoms with van der Waals surface area (Å²) < 4.78 is 1.29. The lowest BCUT2D eigenvalue weighted by Crippen LogP contribution is -2.17. The second kappa shape index (κ2) is 2.85. The molecule has 0 radical (unpaired) electrons. The molecule has 0 saturated heterocycles. The maximum absolute atomic E-state index is 11.5. The number of pyridine rings is 1. The molecule has 0 fully saturated rings. The minimum absolute atomic E-state index is 0.0206. The third-order valence-electron chi connectivity index (χ3n) is 1.85. The van der Waals surface area contributed by atoms with Gasteiger partial charge in [0.05, 0.1) is 6.20 Å². The summed E-state index contributed by atoms with van der Waals surface area (Å²) in [6.07, 6.45) is 2.75. The van der Waals surface area contributed by atoms with Crippen molar-refractivity contribution in [1.29, 1.82) is 5.26 Å². The highest BCUT2D eigenvalue weighted by Crippen LogP contribution is 2.03. The van der Waals surface area contributed by atoms with E-state index in [1.807, 2.05) is 0 Å². The van der Waals surface area contributed by atoms with Gasteiger partial charge in [-0.15, -0.1) is 0 Å². The number of nitrogens with zero attached hydrogens (tertiary/aromatic N) is 3. The summed E-state index contributed by atoms with van der Waals surface area (Å²) in [4.78, 5) is 15.5. The van der Waals surface area contributed by atoms with E-state index in [0.717, 1.165) is 0 Å². The monoisotopic (exact) mass is 186 g/mol. The summed E-state index contributed by atoms with van der Waals surface area (Å²) in [5.41, 5.74) is 6.14. The molecule has 0 aliphatic rings. The Labute approximate surface area is 79.0 Å². The molecule has 5 heteroatoms.